The van der Waals surface area contributed by atoms with Crippen molar-refractivity contribution in [3.8, 4) is 0 Å². The van der Waals surface area contributed by atoms with E-state index in [0.717, 1.165) is 45.1 Å². The van der Waals surface area contributed by atoms with Crippen LogP contribution in [0.1, 0.15) is 53.4 Å². The van der Waals surface area contributed by atoms with Crippen LogP contribution in [0.25, 0.3) is 0 Å². The molecular weight excluding hydrogens is 262 g/mol. The van der Waals surface area contributed by atoms with Gasteiger partial charge in [0, 0.05) is 32.1 Å². The Kier molecular flexibility index (Phi) is 8.93. The lowest BCUT2D eigenvalue weighted by Gasteiger charge is -2.34. The molecule has 0 saturated carbocycles. The van der Waals surface area contributed by atoms with Crippen molar-refractivity contribution in [1.82, 2.24) is 15.1 Å². The molecule has 124 valence electrons. The maximum atomic E-state index is 12.2. The number of nitrogens with one attached hydrogen (secondary N) is 1. The van der Waals surface area contributed by atoms with Gasteiger partial charge in [0.15, 0.2) is 0 Å². The van der Waals surface area contributed by atoms with Crippen molar-refractivity contribution in [3.05, 3.63) is 0 Å². The Morgan fingerprint density at radius 3 is 2.38 bits per heavy atom. The minimum Gasteiger partial charge on any atom is -0.343 e. The first-order chi connectivity index (χ1) is 10.1. The van der Waals surface area contributed by atoms with Crippen molar-refractivity contribution in [2.45, 2.75) is 59.4 Å². The Morgan fingerprint density at radius 1 is 1.24 bits per heavy atom. The molecule has 0 bridgehead atoms. The van der Waals surface area contributed by atoms with E-state index < -0.39 is 0 Å². The van der Waals surface area contributed by atoms with Crippen LogP contribution in [0.5, 0.6) is 0 Å². The van der Waals surface area contributed by atoms with Crippen LogP contribution in [-0.4, -0.2) is 61.0 Å². The molecule has 1 saturated heterocycles. The molecule has 1 heterocycles. The number of carbonyl (C=O) groups is 1. The zero-order valence-electron chi connectivity index (χ0n) is 14.5. The number of amides is 1. The Balaban J connectivity index is 2.18. The third kappa shape index (κ3) is 7.28. The van der Waals surface area contributed by atoms with Crippen LogP contribution in [0.4, 0.5) is 0 Å². The minimum absolute atomic E-state index is 0.349. The molecule has 1 aliphatic rings. The minimum atomic E-state index is 0.349. The fourth-order valence-corrected chi connectivity index (χ4v) is 3.00. The second-order valence-corrected chi connectivity index (χ2v) is 6.52. The van der Waals surface area contributed by atoms with Crippen LogP contribution >= 0.6 is 0 Å². The van der Waals surface area contributed by atoms with Crippen LogP contribution < -0.4 is 5.32 Å². The van der Waals surface area contributed by atoms with Crippen molar-refractivity contribution in [2.24, 2.45) is 5.92 Å². The second kappa shape index (κ2) is 10.2. The molecule has 1 fully saturated rings. The molecule has 0 aliphatic carbocycles. The quantitative estimate of drug-likeness (QED) is 0.664. The van der Waals surface area contributed by atoms with E-state index >= 15 is 0 Å². The highest BCUT2D eigenvalue weighted by atomic mass is 16.2. The highest BCUT2D eigenvalue weighted by Crippen LogP contribution is 2.19. The van der Waals surface area contributed by atoms with Crippen LogP contribution in [0.2, 0.25) is 0 Å². The van der Waals surface area contributed by atoms with Crippen LogP contribution in [0.3, 0.4) is 0 Å². The van der Waals surface area contributed by atoms with Gasteiger partial charge >= 0.3 is 0 Å². The van der Waals surface area contributed by atoms with Crippen LogP contribution in [0.15, 0.2) is 0 Å². The van der Waals surface area contributed by atoms with E-state index in [-0.39, 0.29) is 0 Å². The number of hydrogen-bond donors (Lipinski definition) is 1. The molecule has 0 aromatic rings. The summed E-state index contributed by atoms with van der Waals surface area (Å²) < 4.78 is 0. The van der Waals surface area contributed by atoms with E-state index in [1.807, 2.05) is 0 Å². The third-order valence-electron chi connectivity index (χ3n) is 4.50. The summed E-state index contributed by atoms with van der Waals surface area (Å²) in [7, 11) is 0. The molecule has 1 amide bonds. The van der Waals surface area contributed by atoms with Gasteiger partial charge in [-0.1, -0.05) is 27.7 Å². The summed E-state index contributed by atoms with van der Waals surface area (Å²) in [6.07, 6.45) is 4.00. The van der Waals surface area contributed by atoms with E-state index in [9.17, 15) is 4.79 Å². The average molecular weight is 297 g/mol. The molecule has 4 heteroatoms. The number of piperidine rings is 1. The average Bonchev–Trinajstić information content (AvgIpc) is 2.49. The molecule has 4 nitrogen and oxygen atoms in total. The summed E-state index contributed by atoms with van der Waals surface area (Å²) in [5, 5.41) is 3.37. The SMILES string of the molecule is CCN(CC)CC1CCN(C(=O)CCCNC(C)C)CC1. The lowest BCUT2D eigenvalue weighted by molar-refractivity contribution is -0.132. The number of nitrogens with zero attached hydrogens (tertiary/aromatic N) is 2. The van der Waals surface area contributed by atoms with E-state index in [2.05, 4.69) is 42.8 Å². The molecule has 0 radical (unpaired) electrons. The predicted molar refractivity (Wildman–Crippen MR) is 89.5 cm³/mol. The second-order valence-electron chi connectivity index (χ2n) is 6.52. The van der Waals surface area contributed by atoms with Gasteiger partial charge in [-0.05, 0) is 44.8 Å². The Labute approximate surface area is 131 Å². The highest BCUT2D eigenvalue weighted by molar-refractivity contribution is 5.76. The Morgan fingerprint density at radius 2 is 1.86 bits per heavy atom. The molecule has 1 rings (SSSR count). The lowest BCUT2D eigenvalue weighted by atomic mass is 9.96. The van der Waals surface area contributed by atoms with E-state index in [1.54, 1.807) is 0 Å². The van der Waals surface area contributed by atoms with Crippen molar-refractivity contribution in [2.75, 3.05) is 39.3 Å². The fraction of sp³-hybridized carbons (Fsp3) is 0.941. The van der Waals surface area contributed by atoms with E-state index in [4.69, 9.17) is 0 Å². The highest BCUT2D eigenvalue weighted by Gasteiger charge is 2.23. The van der Waals surface area contributed by atoms with Crippen LogP contribution in [0, 0.1) is 5.92 Å². The maximum Gasteiger partial charge on any atom is 0.222 e. The predicted octanol–water partition coefficient (Wildman–Crippen LogP) is 2.34. The lowest BCUT2D eigenvalue weighted by Crippen LogP contribution is -2.41. The van der Waals surface area contributed by atoms with Crippen molar-refractivity contribution in [3.63, 3.8) is 0 Å². The third-order valence-corrected chi connectivity index (χ3v) is 4.50. The fourth-order valence-electron chi connectivity index (χ4n) is 3.00. The Hall–Kier alpha value is -0.610. The summed E-state index contributed by atoms with van der Waals surface area (Å²) in [4.78, 5) is 16.7. The standard InChI is InChI=1S/C17H35N3O/c1-5-19(6-2)14-16-9-12-20(13-10-16)17(21)8-7-11-18-15(3)4/h15-16,18H,5-14H2,1-4H3. The summed E-state index contributed by atoms with van der Waals surface area (Å²) in [5.74, 6) is 1.12. The van der Waals surface area contributed by atoms with Crippen LogP contribution in [-0.2, 0) is 4.79 Å². The summed E-state index contributed by atoms with van der Waals surface area (Å²) >= 11 is 0. The maximum absolute atomic E-state index is 12.2. The topological polar surface area (TPSA) is 35.6 Å². The summed E-state index contributed by atoms with van der Waals surface area (Å²) in [5.41, 5.74) is 0. The van der Waals surface area contributed by atoms with E-state index in [0.29, 0.717) is 18.4 Å². The molecule has 1 N–H and O–H groups in total. The molecular formula is C17H35N3O. The number of hydrogen-bond acceptors (Lipinski definition) is 3. The molecule has 1 aliphatic heterocycles. The van der Waals surface area contributed by atoms with Gasteiger partial charge in [0.25, 0.3) is 0 Å². The largest absolute Gasteiger partial charge is 0.343 e. The first-order valence-electron chi connectivity index (χ1n) is 8.80. The molecule has 21 heavy (non-hydrogen) atoms. The van der Waals surface area contributed by atoms with Gasteiger partial charge in [-0.25, -0.2) is 0 Å². The zero-order valence-corrected chi connectivity index (χ0v) is 14.5. The van der Waals surface area contributed by atoms with Crippen molar-refractivity contribution in [1.29, 1.82) is 0 Å². The van der Waals surface area contributed by atoms with E-state index in [1.165, 1.54) is 19.4 Å². The van der Waals surface area contributed by atoms with Gasteiger partial charge in [0.1, 0.15) is 0 Å². The van der Waals surface area contributed by atoms with Gasteiger partial charge < -0.3 is 15.1 Å². The van der Waals surface area contributed by atoms with Crippen molar-refractivity contribution >= 4 is 5.91 Å². The monoisotopic (exact) mass is 297 g/mol. The molecule has 0 unspecified atom stereocenters. The number of rotatable bonds is 9. The number of carbonyl (C=O) groups excluding carboxylic acids is 1. The molecule has 0 atom stereocenters. The first-order valence-corrected chi connectivity index (χ1v) is 8.80. The van der Waals surface area contributed by atoms with Gasteiger partial charge in [-0.2, -0.15) is 0 Å². The molecule has 0 spiro atoms. The molecule has 0 aromatic heterocycles. The molecule has 0 aromatic carbocycles. The van der Waals surface area contributed by atoms with Gasteiger partial charge in [-0.15, -0.1) is 0 Å². The normalized spacial score (nSPS) is 17.0. The van der Waals surface area contributed by atoms with Gasteiger partial charge in [0.05, 0.1) is 0 Å². The van der Waals surface area contributed by atoms with Crippen molar-refractivity contribution < 1.29 is 4.79 Å². The Bertz CT molecular complexity index is 282. The van der Waals surface area contributed by atoms with Gasteiger partial charge in [-0.3, -0.25) is 4.79 Å². The summed E-state index contributed by atoms with van der Waals surface area (Å²) in [6, 6.07) is 0.510. The first kappa shape index (κ1) is 18.4. The number of likely N-dealkylation sites (tertiary alicyclic amines) is 1. The summed E-state index contributed by atoms with van der Waals surface area (Å²) in [6.45, 7) is 15.1. The van der Waals surface area contributed by atoms with Gasteiger partial charge in [0.2, 0.25) is 5.91 Å². The zero-order chi connectivity index (χ0) is 15.7. The smallest absolute Gasteiger partial charge is 0.222 e.